The molecule has 0 aromatic heterocycles. The van der Waals surface area contributed by atoms with Crippen molar-refractivity contribution >= 4 is 0 Å². The summed E-state index contributed by atoms with van der Waals surface area (Å²) in [7, 11) is 0. The normalized spacial score (nSPS) is 20.5. The second-order valence-electron chi connectivity index (χ2n) is 2.96. The topological polar surface area (TPSA) is 40.5 Å². The molecule has 0 atom stereocenters. The van der Waals surface area contributed by atoms with Crippen molar-refractivity contribution in [1.29, 1.82) is 0 Å². The van der Waals surface area contributed by atoms with Crippen LogP contribution in [0, 0.1) is 5.92 Å². The van der Waals surface area contributed by atoms with Gasteiger partial charge in [-0.25, -0.2) is 0 Å². The van der Waals surface area contributed by atoms with E-state index in [0.29, 0.717) is 12.8 Å². The van der Waals surface area contributed by atoms with Gasteiger partial charge in [0.2, 0.25) is 0 Å². The summed E-state index contributed by atoms with van der Waals surface area (Å²) in [5, 5.41) is 17.0. The van der Waals surface area contributed by atoms with Crippen LogP contribution in [0.25, 0.3) is 0 Å². The van der Waals surface area contributed by atoms with E-state index in [1.165, 1.54) is 0 Å². The molecule has 1 fully saturated rings. The lowest BCUT2D eigenvalue weighted by atomic mass is 10.1. The van der Waals surface area contributed by atoms with Crippen molar-refractivity contribution in [3.05, 3.63) is 0 Å². The molecule has 0 heterocycles. The van der Waals surface area contributed by atoms with Crippen LogP contribution in [0.15, 0.2) is 0 Å². The third-order valence-corrected chi connectivity index (χ3v) is 1.72. The Bertz CT molecular complexity index is 148. The Labute approximate surface area is 61.6 Å². The lowest BCUT2D eigenvalue weighted by Gasteiger charge is -2.23. The summed E-state index contributed by atoms with van der Waals surface area (Å²) in [6, 6.07) is 0. The van der Waals surface area contributed by atoms with E-state index in [9.17, 15) is 13.2 Å². The Morgan fingerprint density at radius 3 is 1.91 bits per heavy atom. The van der Waals surface area contributed by atoms with E-state index in [2.05, 4.69) is 0 Å². The Morgan fingerprint density at radius 2 is 1.64 bits per heavy atom. The van der Waals surface area contributed by atoms with Gasteiger partial charge >= 0.3 is 6.18 Å². The van der Waals surface area contributed by atoms with Crippen LogP contribution in [-0.4, -0.2) is 22.2 Å². The van der Waals surface area contributed by atoms with Gasteiger partial charge in [0, 0.05) is 6.42 Å². The van der Waals surface area contributed by atoms with E-state index in [-0.39, 0.29) is 5.92 Å². The van der Waals surface area contributed by atoms with E-state index in [0.717, 1.165) is 0 Å². The molecule has 0 spiro atoms. The molecule has 0 aromatic carbocycles. The molecule has 0 radical (unpaired) electrons. The number of halogens is 3. The first-order valence-electron chi connectivity index (χ1n) is 3.34. The minimum absolute atomic E-state index is 0.161. The van der Waals surface area contributed by atoms with Crippen LogP contribution in [0.4, 0.5) is 13.2 Å². The highest BCUT2D eigenvalue weighted by molar-refractivity contribution is 4.84. The van der Waals surface area contributed by atoms with Crippen molar-refractivity contribution in [2.24, 2.45) is 5.92 Å². The molecule has 0 unspecified atom stereocenters. The fraction of sp³-hybridized carbons (Fsp3) is 1.00. The summed E-state index contributed by atoms with van der Waals surface area (Å²) in [4.78, 5) is 0. The maximum absolute atomic E-state index is 11.7. The van der Waals surface area contributed by atoms with Gasteiger partial charge in [-0.1, -0.05) is 0 Å². The molecule has 0 aromatic rings. The Hall–Kier alpha value is -0.290. The average molecular weight is 170 g/mol. The van der Waals surface area contributed by atoms with Crippen LogP contribution < -0.4 is 0 Å². The van der Waals surface area contributed by atoms with Crippen LogP contribution in [-0.2, 0) is 0 Å². The van der Waals surface area contributed by atoms with Gasteiger partial charge in [0.05, 0.1) is 0 Å². The minimum atomic E-state index is -4.92. The van der Waals surface area contributed by atoms with Crippen LogP contribution in [0.5, 0.6) is 0 Å². The van der Waals surface area contributed by atoms with Gasteiger partial charge < -0.3 is 10.2 Å². The Balaban J connectivity index is 2.49. The number of hydrogen-bond acceptors (Lipinski definition) is 2. The molecule has 0 bridgehead atoms. The van der Waals surface area contributed by atoms with Crippen molar-refractivity contribution in [1.82, 2.24) is 0 Å². The number of hydrogen-bond donors (Lipinski definition) is 2. The molecule has 2 N–H and O–H groups in total. The standard InChI is InChI=1S/C6H9F3O2/c7-6(8,9)5(10,11)3-4-1-2-4/h4,10-11H,1-3H2. The van der Waals surface area contributed by atoms with Crippen molar-refractivity contribution < 1.29 is 23.4 Å². The number of alkyl halides is 3. The van der Waals surface area contributed by atoms with Gasteiger partial charge in [-0.15, -0.1) is 0 Å². The quantitative estimate of drug-likeness (QED) is 0.607. The molecule has 0 saturated heterocycles. The molecule has 2 nitrogen and oxygen atoms in total. The average Bonchev–Trinajstić information content (AvgIpc) is 2.45. The summed E-state index contributed by atoms with van der Waals surface area (Å²) in [6.07, 6.45) is -4.18. The first kappa shape index (κ1) is 8.80. The van der Waals surface area contributed by atoms with Crippen LogP contribution >= 0.6 is 0 Å². The fourth-order valence-electron chi connectivity index (χ4n) is 0.840. The summed E-state index contributed by atoms with van der Waals surface area (Å²) in [5.74, 6) is -3.64. The van der Waals surface area contributed by atoms with Gasteiger partial charge in [-0.05, 0) is 18.8 Å². The van der Waals surface area contributed by atoms with E-state index in [1.807, 2.05) is 0 Å². The van der Waals surface area contributed by atoms with Crippen molar-refractivity contribution in [3.63, 3.8) is 0 Å². The monoisotopic (exact) mass is 170 g/mol. The van der Waals surface area contributed by atoms with E-state index >= 15 is 0 Å². The molecule has 66 valence electrons. The highest BCUT2D eigenvalue weighted by Gasteiger charge is 2.54. The molecule has 1 aliphatic carbocycles. The first-order valence-corrected chi connectivity index (χ1v) is 3.34. The molecule has 5 heteroatoms. The zero-order chi connectivity index (χ0) is 8.70. The third-order valence-electron chi connectivity index (χ3n) is 1.72. The molecule has 0 amide bonds. The van der Waals surface area contributed by atoms with E-state index < -0.39 is 18.4 Å². The summed E-state index contributed by atoms with van der Waals surface area (Å²) >= 11 is 0. The first-order chi connectivity index (χ1) is 4.83. The van der Waals surface area contributed by atoms with E-state index in [4.69, 9.17) is 10.2 Å². The van der Waals surface area contributed by atoms with Crippen molar-refractivity contribution in [2.45, 2.75) is 31.2 Å². The lowest BCUT2D eigenvalue weighted by molar-refractivity contribution is -0.352. The van der Waals surface area contributed by atoms with E-state index in [1.54, 1.807) is 0 Å². The molecule has 1 rings (SSSR count). The number of rotatable bonds is 2. The van der Waals surface area contributed by atoms with Gasteiger partial charge in [0.25, 0.3) is 5.79 Å². The second-order valence-corrected chi connectivity index (χ2v) is 2.96. The zero-order valence-corrected chi connectivity index (χ0v) is 5.73. The predicted molar refractivity (Wildman–Crippen MR) is 30.6 cm³/mol. The molecule has 11 heavy (non-hydrogen) atoms. The third kappa shape index (κ3) is 2.07. The van der Waals surface area contributed by atoms with Gasteiger partial charge in [-0.3, -0.25) is 0 Å². The summed E-state index contributed by atoms with van der Waals surface area (Å²) in [5.41, 5.74) is 0. The molecular formula is C6H9F3O2. The lowest BCUT2D eigenvalue weighted by Crippen LogP contribution is -2.45. The zero-order valence-electron chi connectivity index (χ0n) is 5.73. The maximum Gasteiger partial charge on any atom is 0.442 e. The van der Waals surface area contributed by atoms with Gasteiger partial charge in [-0.2, -0.15) is 13.2 Å². The number of aliphatic hydroxyl groups is 2. The molecular weight excluding hydrogens is 161 g/mol. The molecule has 0 aliphatic heterocycles. The van der Waals surface area contributed by atoms with Crippen molar-refractivity contribution in [2.75, 3.05) is 0 Å². The van der Waals surface area contributed by atoms with Gasteiger partial charge in [0.15, 0.2) is 0 Å². The second kappa shape index (κ2) is 2.35. The SMILES string of the molecule is OC(O)(CC1CC1)C(F)(F)F. The highest BCUT2D eigenvalue weighted by atomic mass is 19.4. The maximum atomic E-state index is 11.7. The largest absolute Gasteiger partial charge is 0.442 e. The minimum Gasteiger partial charge on any atom is -0.359 e. The predicted octanol–water partition coefficient (Wildman–Crippen LogP) is 1.03. The van der Waals surface area contributed by atoms with Gasteiger partial charge in [0.1, 0.15) is 0 Å². The summed E-state index contributed by atoms with van der Waals surface area (Å²) in [6.45, 7) is 0. The van der Waals surface area contributed by atoms with Crippen LogP contribution in [0.2, 0.25) is 0 Å². The smallest absolute Gasteiger partial charge is 0.359 e. The van der Waals surface area contributed by atoms with Crippen LogP contribution in [0.3, 0.4) is 0 Å². The highest BCUT2D eigenvalue weighted by Crippen LogP contribution is 2.41. The molecule has 1 aliphatic rings. The fourth-order valence-corrected chi connectivity index (χ4v) is 0.840. The molecule has 1 saturated carbocycles. The Kier molecular flexibility index (Phi) is 1.88. The Morgan fingerprint density at radius 1 is 1.18 bits per heavy atom. The van der Waals surface area contributed by atoms with Crippen molar-refractivity contribution in [3.8, 4) is 0 Å². The summed E-state index contributed by atoms with van der Waals surface area (Å²) < 4.78 is 35.2. The van der Waals surface area contributed by atoms with Crippen LogP contribution in [0.1, 0.15) is 19.3 Å².